The average Bonchev–Trinajstić information content (AvgIpc) is 1.98. The molecule has 74 valence electrons. The molecule has 0 spiro atoms. The van der Waals surface area contributed by atoms with Crippen LogP contribution < -0.4 is 5.48 Å². The topological polar surface area (TPSA) is 38.3 Å². The Morgan fingerprint density at radius 2 is 2.15 bits per heavy atom. The molecule has 0 aromatic carbocycles. The molecule has 0 aliphatic heterocycles. The maximum Gasteiger partial charge on any atom is 0.414 e. The molecule has 0 bridgehead atoms. The first kappa shape index (κ1) is 11.8. The predicted octanol–water partition coefficient (Wildman–Crippen LogP) is 1.01. The summed E-state index contributed by atoms with van der Waals surface area (Å²) in [5, 5.41) is 0. The highest BCUT2D eigenvalue weighted by Crippen LogP contribution is 2.13. The maximum absolute atomic E-state index is 11.4. The zero-order valence-corrected chi connectivity index (χ0v) is 6.65. The molecule has 0 aromatic heterocycles. The van der Waals surface area contributed by atoms with Crippen molar-refractivity contribution in [3.8, 4) is 12.3 Å². The molecule has 0 radical (unpaired) electrons. The van der Waals surface area contributed by atoms with Gasteiger partial charge in [0.15, 0.2) is 6.61 Å². The fraction of sp³-hybridized carbons (Fsp3) is 0.571. The molecule has 0 aliphatic rings. The predicted molar refractivity (Wildman–Crippen MR) is 38.2 cm³/mol. The Kier molecular flexibility index (Phi) is 4.92. The minimum Gasteiger partial charge on any atom is -0.273 e. The Balaban J connectivity index is 3.44. The molecule has 6 heteroatoms. The third kappa shape index (κ3) is 8.69. The van der Waals surface area contributed by atoms with E-state index in [1.165, 1.54) is 0 Å². The van der Waals surface area contributed by atoms with E-state index >= 15 is 0 Å². The van der Waals surface area contributed by atoms with E-state index in [-0.39, 0.29) is 12.8 Å². The largest absolute Gasteiger partial charge is 0.414 e. The molecule has 1 amide bonds. The lowest BCUT2D eigenvalue weighted by molar-refractivity contribution is -0.191. The van der Waals surface area contributed by atoms with Crippen LogP contribution in [0.3, 0.4) is 0 Å². The quantitative estimate of drug-likeness (QED) is 0.537. The molecule has 0 aromatic rings. The molecule has 3 nitrogen and oxygen atoms in total. The van der Waals surface area contributed by atoms with Crippen molar-refractivity contribution in [1.29, 1.82) is 0 Å². The lowest BCUT2D eigenvalue weighted by Crippen LogP contribution is -2.29. The van der Waals surface area contributed by atoms with Gasteiger partial charge in [0.2, 0.25) is 5.91 Å². The Morgan fingerprint density at radius 1 is 1.54 bits per heavy atom. The van der Waals surface area contributed by atoms with Crippen molar-refractivity contribution < 1.29 is 22.8 Å². The van der Waals surface area contributed by atoms with Crippen molar-refractivity contribution in [3.05, 3.63) is 0 Å². The minimum absolute atomic E-state index is 0.0473. The van der Waals surface area contributed by atoms with Crippen molar-refractivity contribution in [2.75, 3.05) is 6.61 Å². The van der Waals surface area contributed by atoms with Crippen molar-refractivity contribution in [3.63, 3.8) is 0 Å². The van der Waals surface area contributed by atoms with Gasteiger partial charge in [-0.15, -0.1) is 12.3 Å². The van der Waals surface area contributed by atoms with Crippen molar-refractivity contribution in [2.45, 2.75) is 19.0 Å². The third-order valence-electron chi connectivity index (χ3n) is 0.918. The van der Waals surface area contributed by atoms with Gasteiger partial charge in [0.25, 0.3) is 0 Å². The van der Waals surface area contributed by atoms with Crippen LogP contribution in [-0.4, -0.2) is 18.7 Å². The Bertz CT molecular complexity index is 207. The summed E-state index contributed by atoms with van der Waals surface area (Å²) in [4.78, 5) is 14.5. The van der Waals surface area contributed by atoms with Gasteiger partial charge in [-0.1, -0.05) is 0 Å². The van der Waals surface area contributed by atoms with Crippen LogP contribution in [0.5, 0.6) is 0 Å². The van der Waals surface area contributed by atoms with Crippen LogP contribution in [0.2, 0.25) is 0 Å². The number of amides is 1. The average molecular weight is 195 g/mol. The second kappa shape index (κ2) is 5.43. The van der Waals surface area contributed by atoms with Crippen LogP contribution in [0.1, 0.15) is 12.8 Å². The Hall–Kier alpha value is -1.22. The second-order valence-electron chi connectivity index (χ2n) is 2.13. The van der Waals surface area contributed by atoms with Crippen LogP contribution >= 0.6 is 0 Å². The zero-order valence-electron chi connectivity index (χ0n) is 6.65. The second-order valence-corrected chi connectivity index (χ2v) is 2.13. The van der Waals surface area contributed by atoms with E-state index in [1.807, 2.05) is 0 Å². The van der Waals surface area contributed by atoms with E-state index in [1.54, 1.807) is 5.48 Å². The molecule has 0 saturated carbocycles. The summed E-state index contributed by atoms with van der Waals surface area (Å²) in [7, 11) is 0. The van der Waals surface area contributed by atoms with Crippen molar-refractivity contribution in [2.24, 2.45) is 0 Å². The number of nitrogens with one attached hydrogen (secondary N) is 1. The fourth-order valence-electron chi connectivity index (χ4n) is 0.435. The van der Waals surface area contributed by atoms with E-state index < -0.39 is 18.7 Å². The molecule has 0 atom stereocenters. The standard InChI is InChI=1S/C7H8F3NO2/c1-2-3-4-6(12)11-13-5-7(8,9)10/h1H,3-5H2,(H,11,12). The van der Waals surface area contributed by atoms with Crippen LogP contribution in [0, 0.1) is 12.3 Å². The monoisotopic (exact) mass is 195 g/mol. The summed E-state index contributed by atoms with van der Waals surface area (Å²) < 4.78 is 34.3. The summed E-state index contributed by atoms with van der Waals surface area (Å²) in [5.41, 5.74) is 1.62. The number of carbonyl (C=O) groups excluding carboxylic acids is 1. The lowest BCUT2D eigenvalue weighted by Gasteiger charge is -2.07. The first-order chi connectivity index (χ1) is 5.95. The highest BCUT2D eigenvalue weighted by molar-refractivity contribution is 5.74. The molecular formula is C7H8F3NO2. The van der Waals surface area contributed by atoms with E-state index in [4.69, 9.17) is 6.42 Å². The van der Waals surface area contributed by atoms with Gasteiger partial charge in [-0.05, 0) is 0 Å². The Labute approximate surface area is 73.2 Å². The number of hydrogen-bond donors (Lipinski definition) is 1. The van der Waals surface area contributed by atoms with Crippen LogP contribution in [-0.2, 0) is 9.63 Å². The molecule has 1 N–H and O–H groups in total. The number of alkyl halides is 3. The van der Waals surface area contributed by atoms with Gasteiger partial charge in [-0.2, -0.15) is 13.2 Å². The molecule has 0 unspecified atom stereocenters. The fourth-order valence-corrected chi connectivity index (χ4v) is 0.435. The van der Waals surface area contributed by atoms with Gasteiger partial charge in [0.1, 0.15) is 0 Å². The number of hydroxylamine groups is 1. The molecule has 0 saturated heterocycles. The van der Waals surface area contributed by atoms with Crippen molar-refractivity contribution >= 4 is 5.91 Å². The van der Waals surface area contributed by atoms with Crippen molar-refractivity contribution in [1.82, 2.24) is 5.48 Å². The van der Waals surface area contributed by atoms with Crippen LogP contribution in [0.4, 0.5) is 13.2 Å². The molecule has 0 fully saturated rings. The van der Waals surface area contributed by atoms with Gasteiger partial charge in [-0.25, -0.2) is 5.48 Å². The van der Waals surface area contributed by atoms with Gasteiger partial charge < -0.3 is 0 Å². The number of hydrogen-bond acceptors (Lipinski definition) is 2. The first-order valence-electron chi connectivity index (χ1n) is 3.36. The molecular weight excluding hydrogens is 187 g/mol. The first-order valence-corrected chi connectivity index (χ1v) is 3.36. The van der Waals surface area contributed by atoms with Gasteiger partial charge in [-0.3, -0.25) is 9.63 Å². The maximum atomic E-state index is 11.4. The van der Waals surface area contributed by atoms with Gasteiger partial charge in [0, 0.05) is 12.8 Å². The minimum atomic E-state index is -4.45. The summed E-state index contributed by atoms with van der Waals surface area (Å²) >= 11 is 0. The summed E-state index contributed by atoms with van der Waals surface area (Å²) in [6.45, 7) is -1.51. The smallest absolute Gasteiger partial charge is 0.273 e. The van der Waals surface area contributed by atoms with Gasteiger partial charge >= 0.3 is 6.18 Å². The Morgan fingerprint density at radius 3 is 2.62 bits per heavy atom. The van der Waals surface area contributed by atoms with Gasteiger partial charge in [0.05, 0.1) is 0 Å². The number of halogens is 3. The van der Waals surface area contributed by atoms with Crippen LogP contribution in [0.25, 0.3) is 0 Å². The highest BCUT2D eigenvalue weighted by Gasteiger charge is 2.28. The van der Waals surface area contributed by atoms with E-state index in [2.05, 4.69) is 10.8 Å². The zero-order chi connectivity index (χ0) is 10.3. The molecule has 0 rings (SSSR count). The van der Waals surface area contributed by atoms with E-state index in [9.17, 15) is 18.0 Å². The summed E-state index contributed by atoms with van der Waals surface area (Å²) in [6.07, 6.45) is 0.499. The molecule has 0 aliphatic carbocycles. The highest BCUT2D eigenvalue weighted by atomic mass is 19.4. The van der Waals surface area contributed by atoms with E-state index in [0.717, 1.165) is 0 Å². The van der Waals surface area contributed by atoms with Crippen LogP contribution in [0.15, 0.2) is 0 Å². The van der Waals surface area contributed by atoms with E-state index in [0.29, 0.717) is 0 Å². The lowest BCUT2D eigenvalue weighted by atomic mass is 10.3. The molecule has 13 heavy (non-hydrogen) atoms. The number of terminal acetylenes is 1. The number of rotatable bonds is 4. The SMILES string of the molecule is C#CCCC(=O)NOCC(F)(F)F. The summed E-state index contributed by atoms with van der Waals surface area (Å²) in [6, 6.07) is 0. The number of carbonyl (C=O) groups is 1. The summed E-state index contributed by atoms with van der Waals surface area (Å²) in [5.74, 6) is 1.50. The normalized spacial score (nSPS) is 10.6. The third-order valence-corrected chi connectivity index (χ3v) is 0.918. The molecule has 0 heterocycles.